The number of hydroxylamine groups is 1. The van der Waals surface area contributed by atoms with Crippen LogP contribution in [-0.4, -0.2) is 46.8 Å². The summed E-state index contributed by atoms with van der Waals surface area (Å²) in [6, 6.07) is 15.1. The summed E-state index contributed by atoms with van der Waals surface area (Å²) in [5.74, 6) is -1.04. The number of aromatic nitrogens is 1. The van der Waals surface area contributed by atoms with Crippen molar-refractivity contribution in [1.29, 1.82) is 0 Å². The van der Waals surface area contributed by atoms with Gasteiger partial charge in [-0.3, -0.25) is 14.8 Å². The highest BCUT2D eigenvalue weighted by Gasteiger charge is 2.43. The van der Waals surface area contributed by atoms with Crippen LogP contribution in [0, 0.1) is 0 Å². The van der Waals surface area contributed by atoms with Gasteiger partial charge in [0, 0.05) is 31.0 Å². The van der Waals surface area contributed by atoms with Crippen LogP contribution in [0.25, 0.3) is 21.9 Å². The van der Waals surface area contributed by atoms with E-state index in [1.807, 2.05) is 36.4 Å². The van der Waals surface area contributed by atoms with Gasteiger partial charge in [0.2, 0.25) is 0 Å². The third-order valence-electron chi connectivity index (χ3n) is 5.89. The van der Waals surface area contributed by atoms with Crippen LogP contribution in [-0.2, 0) is 27.6 Å². The fourth-order valence-corrected chi connectivity index (χ4v) is 4.40. The molecule has 170 valence electrons. The maximum absolute atomic E-state index is 12.9. The second-order valence-electron chi connectivity index (χ2n) is 7.98. The van der Waals surface area contributed by atoms with Gasteiger partial charge in [0.15, 0.2) is 14.6 Å². The minimum absolute atomic E-state index is 0.0141. The second kappa shape index (κ2) is 9.23. The largest absolute Gasteiger partial charge is 0.396 e. The van der Waals surface area contributed by atoms with Gasteiger partial charge in [-0.05, 0) is 60.0 Å². The van der Waals surface area contributed by atoms with Crippen molar-refractivity contribution in [3.05, 3.63) is 70.6 Å². The Morgan fingerprint density at radius 3 is 2.34 bits per heavy atom. The molecule has 0 bridgehead atoms. The monoisotopic (exact) mass is 458 g/mol. The lowest BCUT2D eigenvalue weighted by molar-refractivity contribution is -0.131. The first kappa shape index (κ1) is 23.6. The van der Waals surface area contributed by atoms with Crippen LogP contribution in [0.2, 0.25) is 0 Å². The Hall–Kier alpha value is -3.01. The zero-order valence-corrected chi connectivity index (χ0v) is 18.7. The van der Waals surface area contributed by atoms with Crippen molar-refractivity contribution in [2.45, 2.75) is 31.1 Å². The molecule has 0 aliphatic carbocycles. The van der Waals surface area contributed by atoms with E-state index in [0.717, 1.165) is 28.3 Å². The van der Waals surface area contributed by atoms with Gasteiger partial charge in [-0.1, -0.05) is 30.3 Å². The average Bonchev–Trinajstić information content (AvgIpc) is 2.77. The number of pyridine rings is 1. The van der Waals surface area contributed by atoms with Crippen molar-refractivity contribution >= 4 is 26.5 Å². The van der Waals surface area contributed by atoms with Gasteiger partial charge in [-0.25, -0.2) is 13.9 Å². The Kier molecular flexibility index (Phi) is 6.82. The molecule has 1 heterocycles. The molecular formula is C23H26N2O6S. The third kappa shape index (κ3) is 4.59. The molecule has 3 rings (SSSR count). The number of nitrogens with one attached hydrogen (secondary N) is 1. The van der Waals surface area contributed by atoms with Crippen LogP contribution < -0.4 is 11.0 Å². The lowest BCUT2D eigenvalue weighted by Crippen LogP contribution is -2.49. The van der Waals surface area contributed by atoms with Gasteiger partial charge in [-0.15, -0.1) is 0 Å². The molecule has 0 aliphatic heterocycles. The van der Waals surface area contributed by atoms with E-state index in [4.69, 9.17) is 10.3 Å². The van der Waals surface area contributed by atoms with Crippen molar-refractivity contribution in [3.8, 4) is 11.1 Å². The predicted molar refractivity (Wildman–Crippen MR) is 122 cm³/mol. The van der Waals surface area contributed by atoms with E-state index in [0.29, 0.717) is 11.8 Å². The molecular weight excluding hydrogens is 432 g/mol. The highest BCUT2D eigenvalue weighted by atomic mass is 32.2. The van der Waals surface area contributed by atoms with E-state index in [-0.39, 0.29) is 25.1 Å². The normalized spacial score (nSPS) is 13.6. The van der Waals surface area contributed by atoms with E-state index in [1.54, 1.807) is 18.3 Å². The summed E-state index contributed by atoms with van der Waals surface area (Å²) in [6.45, 7) is 1.30. The highest BCUT2D eigenvalue weighted by Crippen LogP contribution is 2.25. The quantitative estimate of drug-likeness (QED) is 0.350. The number of carbonyl (C=O) groups excluding carboxylic acids is 1. The number of aliphatic hydroxyl groups excluding tert-OH is 1. The second-order valence-corrected chi connectivity index (χ2v) is 10.4. The number of aryl methyl sites for hydroxylation is 1. The first-order valence-electron chi connectivity index (χ1n) is 10.1. The Bertz CT molecular complexity index is 1300. The van der Waals surface area contributed by atoms with E-state index in [9.17, 15) is 18.0 Å². The zero-order chi connectivity index (χ0) is 23.5. The summed E-state index contributed by atoms with van der Waals surface area (Å²) in [5.41, 5.74) is 4.07. The molecule has 0 saturated heterocycles. The number of hydrogen-bond donors (Lipinski definition) is 3. The molecule has 8 nitrogen and oxygen atoms in total. The topological polar surface area (TPSA) is 126 Å². The smallest absolute Gasteiger partial charge is 0.264 e. The van der Waals surface area contributed by atoms with Gasteiger partial charge in [0.05, 0.1) is 0 Å². The van der Waals surface area contributed by atoms with Crippen molar-refractivity contribution in [2.75, 3.05) is 12.9 Å². The average molecular weight is 459 g/mol. The molecule has 3 aromatic rings. The van der Waals surface area contributed by atoms with Crippen LogP contribution in [0.5, 0.6) is 0 Å². The molecule has 0 spiro atoms. The van der Waals surface area contributed by atoms with Crippen molar-refractivity contribution < 1.29 is 23.5 Å². The summed E-state index contributed by atoms with van der Waals surface area (Å²) in [7, 11) is -3.85. The molecule has 2 aromatic carbocycles. The number of rotatable bonds is 8. The van der Waals surface area contributed by atoms with Gasteiger partial charge in [-0.2, -0.15) is 0 Å². The minimum Gasteiger partial charge on any atom is -0.396 e. The maximum Gasteiger partial charge on any atom is 0.264 e. The molecule has 1 atom stereocenters. The number of aliphatic hydroxyl groups is 1. The van der Waals surface area contributed by atoms with E-state index < -0.39 is 20.5 Å². The summed E-state index contributed by atoms with van der Waals surface area (Å²) < 4.78 is 23.7. The predicted octanol–water partition coefficient (Wildman–Crippen LogP) is 1.90. The van der Waals surface area contributed by atoms with Gasteiger partial charge in [0.1, 0.15) is 0 Å². The minimum atomic E-state index is -3.85. The SMILES string of the molecule is C[C@](CCn1ccc2cc(-c3ccc(CCO)cc3)ccc2c1=O)(C(=O)NO)S(C)(=O)=O. The van der Waals surface area contributed by atoms with E-state index in [1.165, 1.54) is 17.0 Å². The van der Waals surface area contributed by atoms with Crippen molar-refractivity contribution in [1.82, 2.24) is 10.0 Å². The molecule has 0 fully saturated rings. The molecule has 0 aliphatic rings. The number of benzene rings is 2. The molecule has 1 aromatic heterocycles. The Morgan fingerprint density at radius 2 is 1.75 bits per heavy atom. The van der Waals surface area contributed by atoms with Gasteiger partial charge >= 0.3 is 0 Å². The van der Waals surface area contributed by atoms with Gasteiger partial charge in [0.25, 0.3) is 11.5 Å². The Labute approximate surface area is 186 Å². The number of nitrogens with zero attached hydrogens (tertiary/aromatic N) is 1. The van der Waals surface area contributed by atoms with E-state index in [2.05, 4.69) is 0 Å². The lowest BCUT2D eigenvalue weighted by atomic mass is 10.0. The van der Waals surface area contributed by atoms with Crippen LogP contribution in [0.15, 0.2) is 59.5 Å². The molecule has 0 saturated carbocycles. The maximum atomic E-state index is 12.9. The highest BCUT2D eigenvalue weighted by molar-refractivity contribution is 7.92. The molecule has 1 amide bonds. The standard InChI is InChI=1S/C23H26N2O6S/c1-23(22(28)24-29,32(2,30)31)11-13-25-12-9-19-15-18(7-8-20(19)21(25)27)17-5-3-16(4-6-17)10-14-26/h3-9,12,15,26,29H,10-11,13-14H2,1-2H3,(H,24,28)/t23-/m0/s1. The van der Waals surface area contributed by atoms with Crippen molar-refractivity contribution in [2.24, 2.45) is 0 Å². The first-order chi connectivity index (χ1) is 15.1. The van der Waals surface area contributed by atoms with Crippen molar-refractivity contribution in [3.63, 3.8) is 0 Å². The summed E-state index contributed by atoms with van der Waals surface area (Å²) in [5, 5.41) is 19.2. The van der Waals surface area contributed by atoms with Crippen LogP contribution in [0.3, 0.4) is 0 Å². The number of sulfone groups is 1. The Balaban J connectivity index is 1.90. The van der Waals surface area contributed by atoms with Crippen LogP contribution >= 0.6 is 0 Å². The number of amides is 1. The van der Waals surface area contributed by atoms with E-state index >= 15 is 0 Å². The molecule has 3 N–H and O–H groups in total. The molecule has 32 heavy (non-hydrogen) atoms. The number of hydrogen-bond acceptors (Lipinski definition) is 6. The third-order valence-corrected chi connectivity index (χ3v) is 7.92. The zero-order valence-electron chi connectivity index (χ0n) is 17.9. The molecule has 0 radical (unpaired) electrons. The molecule has 9 heteroatoms. The van der Waals surface area contributed by atoms with Crippen LogP contribution in [0.4, 0.5) is 0 Å². The summed E-state index contributed by atoms with van der Waals surface area (Å²) in [4.78, 5) is 24.9. The lowest BCUT2D eigenvalue weighted by Gasteiger charge is -2.25. The number of fused-ring (bicyclic) bond motifs is 1. The fourth-order valence-electron chi connectivity index (χ4n) is 3.56. The summed E-state index contributed by atoms with van der Waals surface area (Å²) in [6.07, 6.45) is 2.90. The Morgan fingerprint density at radius 1 is 1.09 bits per heavy atom. The molecule has 0 unspecified atom stereocenters. The summed E-state index contributed by atoms with van der Waals surface area (Å²) >= 11 is 0. The van der Waals surface area contributed by atoms with Gasteiger partial charge < -0.3 is 9.67 Å². The number of carbonyl (C=O) groups is 1. The van der Waals surface area contributed by atoms with Crippen LogP contribution in [0.1, 0.15) is 18.9 Å². The first-order valence-corrected chi connectivity index (χ1v) is 12.0. The fraction of sp³-hybridized carbons (Fsp3) is 0.304.